The Bertz CT molecular complexity index is 940. The van der Waals surface area contributed by atoms with Crippen molar-refractivity contribution in [2.24, 2.45) is 0 Å². The van der Waals surface area contributed by atoms with Gasteiger partial charge >= 0.3 is 0 Å². The number of allylic oxidation sites excluding steroid dienone is 2. The molecule has 0 aromatic heterocycles. The molecule has 3 atom stereocenters. The second kappa shape index (κ2) is 56.7. The van der Waals surface area contributed by atoms with Crippen LogP contribution in [0.25, 0.3) is 0 Å². The lowest BCUT2D eigenvalue weighted by atomic mass is 10.0. The zero-order valence-electron chi connectivity index (χ0n) is 45.1. The lowest BCUT2D eigenvalue weighted by molar-refractivity contribution is -0.124. The van der Waals surface area contributed by atoms with Crippen LogP contribution in [0.15, 0.2) is 12.2 Å². The van der Waals surface area contributed by atoms with Crippen LogP contribution in [0, 0.1) is 0 Å². The van der Waals surface area contributed by atoms with Gasteiger partial charge < -0.3 is 20.6 Å². The molecule has 0 aromatic rings. The summed E-state index contributed by atoms with van der Waals surface area (Å²) in [4.78, 5) is 12.5. The lowest BCUT2D eigenvalue weighted by Crippen LogP contribution is -2.50. The topological polar surface area (TPSA) is 89.8 Å². The number of nitrogens with one attached hydrogen (secondary N) is 1. The van der Waals surface area contributed by atoms with Crippen LogP contribution in [0.5, 0.6) is 0 Å². The summed E-state index contributed by atoms with van der Waals surface area (Å²) in [6.45, 7) is 4.22. The number of carbonyl (C=O) groups is 1. The quantitative estimate of drug-likeness (QED) is 0.0361. The third-order valence-electron chi connectivity index (χ3n) is 14.6. The Morgan fingerprint density at radius 2 is 0.606 bits per heavy atom. The van der Waals surface area contributed by atoms with E-state index in [4.69, 9.17) is 0 Å². The molecule has 0 saturated heterocycles. The Labute approximate surface area is 414 Å². The van der Waals surface area contributed by atoms with Crippen LogP contribution in [0.2, 0.25) is 0 Å². The van der Waals surface area contributed by atoms with Gasteiger partial charge in [0.25, 0.3) is 0 Å². The minimum absolute atomic E-state index is 0.146. The predicted octanol–water partition coefficient (Wildman–Crippen LogP) is 19.1. The minimum atomic E-state index is -1.16. The molecule has 0 bridgehead atoms. The Morgan fingerprint density at radius 3 is 0.879 bits per heavy atom. The van der Waals surface area contributed by atoms with Crippen molar-refractivity contribution in [3.05, 3.63) is 12.2 Å². The molecule has 0 fully saturated rings. The van der Waals surface area contributed by atoms with Gasteiger partial charge in [-0.15, -0.1) is 0 Å². The van der Waals surface area contributed by atoms with E-state index in [-0.39, 0.29) is 12.5 Å². The van der Waals surface area contributed by atoms with Crippen LogP contribution in [0.4, 0.5) is 0 Å². The highest BCUT2D eigenvalue weighted by atomic mass is 16.3. The summed E-state index contributed by atoms with van der Waals surface area (Å²) in [7, 11) is 0. The van der Waals surface area contributed by atoms with E-state index in [0.29, 0.717) is 12.8 Å². The molecule has 5 nitrogen and oxygen atoms in total. The average molecular weight is 933 g/mol. The normalized spacial score (nSPS) is 13.2. The van der Waals surface area contributed by atoms with Crippen LogP contribution in [0.3, 0.4) is 0 Å². The molecule has 0 aromatic carbocycles. The largest absolute Gasteiger partial charge is 0.394 e. The van der Waals surface area contributed by atoms with Crippen LogP contribution in [-0.2, 0) is 4.79 Å². The van der Waals surface area contributed by atoms with E-state index in [1.807, 2.05) is 0 Å². The number of rotatable bonds is 57. The fourth-order valence-corrected chi connectivity index (χ4v) is 9.93. The fourth-order valence-electron chi connectivity index (χ4n) is 9.93. The first-order valence-electron chi connectivity index (χ1n) is 30.5. The van der Waals surface area contributed by atoms with E-state index in [0.717, 1.165) is 38.5 Å². The molecule has 0 aliphatic carbocycles. The van der Waals surface area contributed by atoms with Gasteiger partial charge in [-0.1, -0.05) is 315 Å². The molecule has 0 spiro atoms. The van der Waals surface area contributed by atoms with Crippen molar-refractivity contribution >= 4 is 5.91 Å². The highest BCUT2D eigenvalue weighted by molar-refractivity contribution is 5.76. The molecule has 0 saturated carbocycles. The molecule has 0 rings (SSSR count). The highest BCUT2D eigenvalue weighted by Gasteiger charge is 2.26. The molecule has 4 N–H and O–H groups in total. The smallest absolute Gasteiger partial charge is 0.220 e. The van der Waals surface area contributed by atoms with Crippen molar-refractivity contribution in [2.75, 3.05) is 6.61 Å². The monoisotopic (exact) mass is 932 g/mol. The summed E-state index contributed by atoms with van der Waals surface area (Å²) in [6.07, 6.45) is 71.1. The van der Waals surface area contributed by atoms with Crippen LogP contribution in [0.1, 0.15) is 348 Å². The Balaban J connectivity index is 3.48. The van der Waals surface area contributed by atoms with Crippen LogP contribution < -0.4 is 5.32 Å². The maximum Gasteiger partial charge on any atom is 0.220 e. The van der Waals surface area contributed by atoms with Crippen molar-refractivity contribution in [1.29, 1.82) is 0 Å². The Hall–Kier alpha value is -0.910. The number of amides is 1. The summed E-state index contributed by atoms with van der Waals surface area (Å²) in [6, 6.07) is -0.823. The molecule has 3 unspecified atom stereocenters. The molecule has 0 aliphatic heterocycles. The van der Waals surface area contributed by atoms with Crippen molar-refractivity contribution in [3.8, 4) is 0 Å². The number of carbonyl (C=O) groups excluding carboxylic acids is 1. The molecule has 66 heavy (non-hydrogen) atoms. The van der Waals surface area contributed by atoms with E-state index < -0.39 is 18.2 Å². The zero-order valence-corrected chi connectivity index (χ0v) is 45.1. The standard InChI is InChI=1S/C61H121NO4/c1-3-5-7-9-11-13-15-17-19-21-23-25-26-27-28-29-30-31-32-33-34-35-36-38-40-42-44-46-48-50-52-54-56-60(65)62-58(57-63)61(66)59(64)55-53-51-49-47-45-43-41-39-37-24-22-20-18-16-14-12-10-8-6-4-2/h47,49,58-59,61,63-64,66H,3-46,48,50-57H2,1-2H3,(H,62,65)/b49-47+. The van der Waals surface area contributed by atoms with Gasteiger partial charge in [-0.25, -0.2) is 0 Å². The summed E-state index contributed by atoms with van der Waals surface area (Å²) in [5.41, 5.74) is 0. The summed E-state index contributed by atoms with van der Waals surface area (Å²) < 4.78 is 0. The van der Waals surface area contributed by atoms with Crippen molar-refractivity contribution in [1.82, 2.24) is 5.32 Å². The average Bonchev–Trinajstić information content (AvgIpc) is 3.32. The molecule has 5 heteroatoms. The number of aliphatic hydroxyl groups excluding tert-OH is 3. The van der Waals surface area contributed by atoms with Crippen molar-refractivity contribution < 1.29 is 20.1 Å². The van der Waals surface area contributed by atoms with Crippen molar-refractivity contribution in [2.45, 2.75) is 366 Å². The van der Waals surface area contributed by atoms with Crippen LogP contribution >= 0.6 is 0 Å². The SMILES string of the molecule is CCCCCCCCCCCCCCCCC/C=C/CCCC(O)C(O)C(CO)NC(=O)CCCCCCCCCCCCCCCCCCCCCCCCCCCCCCCCCC. The van der Waals surface area contributed by atoms with E-state index in [1.54, 1.807) is 0 Å². The second-order valence-corrected chi connectivity index (χ2v) is 21.3. The van der Waals surface area contributed by atoms with Gasteiger partial charge in [-0.05, 0) is 38.5 Å². The van der Waals surface area contributed by atoms with Gasteiger partial charge in [0, 0.05) is 6.42 Å². The van der Waals surface area contributed by atoms with Gasteiger partial charge in [0.15, 0.2) is 0 Å². The molecular formula is C61H121NO4. The number of hydrogen-bond donors (Lipinski definition) is 4. The third kappa shape index (κ3) is 51.0. The second-order valence-electron chi connectivity index (χ2n) is 21.3. The molecule has 1 amide bonds. The summed E-state index contributed by atoms with van der Waals surface area (Å²) >= 11 is 0. The number of unbranched alkanes of at least 4 members (excludes halogenated alkanes) is 47. The summed E-state index contributed by atoms with van der Waals surface area (Å²) in [5.74, 6) is -0.146. The van der Waals surface area contributed by atoms with E-state index in [9.17, 15) is 20.1 Å². The van der Waals surface area contributed by atoms with Gasteiger partial charge in [0.05, 0.1) is 18.8 Å². The molecule has 0 radical (unpaired) electrons. The Kier molecular flexibility index (Phi) is 55.9. The minimum Gasteiger partial charge on any atom is -0.394 e. The molecule has 394 valence electrons. The van der Waals surface area contributed by atoms with Gasteiger partial charge in [-0.2, -0.15) is 0 Å². The maximum absolute atomic E-state index is 12.5. The van der Waals surface area contributed by atoms with Gasteiger partial charge in [0.1, 0.15) is 6.10 Å². The molecule has 0 heterocycles. The van der Waals surface area contributed by atoms with Crippen molar-refractivity contribution in [3.63, 3.8) is 0 Å². The first kappa shape index (κ1) is 65.1. The first-order valence-corrected chi connectivity index (χ1v) is 30.5. The highest BCUT2D eigenvalue weighted by Crippen LogP contribution is 2.19. The Morgan fingerprint density at radius 1 is 0.364 bits per heavy atom. The first-order chi connectivity index (χ1) is 32.6. The predicted molar refractivity (Wildman–Crippen MR) is 292 cm³/mol. The fraction of sp³-hybridized carbons (Fsp3) is 0.951. The lowest BCUT2D eigenvalue weighted by Gasteiger charge is -2.26. The van der Waals surface area contributed by atoms with Gasteiger partial charge in [0.2, 0.25) is 5.91 Å². The van der Waals surface area contributed by atoms with Gasteiger partial charge in [-0.3, -0.25) is 4.79 Å². The zero-order chi connectivity index (χ0) is 47.9. The molecule has 0 aliphatic rings. The third-order valence-corrected chi connectivity index (χ3v) is 14.6. The number of aliphatic hydroxyl groups is 3. The maximum atomic E-state index is 12.5. The van der Waals surface area contributed by atoms with Crippen LogP contribution in [-0.4, -0.2) is 46.1 Å². The summed E-state index contributed by atoms with van der Waals surface area (Å²) in [5, 5.41) is 33.8. The molecular weight excluding hydrogens is 811 g/mol. The number of hydrogen-bond acceptors (Lipinski definition) is 4. The van der Waals surface area contributed by atoms with E-state index >= 15 is 0 Å². The van der Waals surface area contributed by atoms with E-state index in [2.05, 4.69) is 31.3 Å². The van der Waals surface area contributed by atoms with E-state index in [1.165, 1.54) is 283 Å².